The van der Waals surface area contributed by atoms with E-state index in [9.17, 15) is 4.79 Å². The Kier molecular flexibility index (Phi) is 6.03. The van der Waals surface area contributed by atoms with Crippen LogP contribution >= 0.6 is 0 Å². The van der Waals surface area contributed by atoms with Gasteiger partial charge in [0.15, 0.2) is 11.6 Å². The summed E-state index contributed by atoms with van der Waals surface area (Å²) in [5.41, 5.74) is 14.0. The first-order valence-electron chi connectivity index (χ1n) is 10.1. The number of hydrogen-bond donors (Lipinski definition) is 3. The molecule has 1 aliphatic rings. The Morgan fingerprint density at radius 1 is 1.10 bits per heavy atom. The zero-order valence-electron chi connectivity index (χ0n) is 16.7. The van der Waals surface area contributed by atoms with E-state index in [4.69, 9.17) is 5.73 Å². The second kappa shape index (κ2) is 9.21. The van der Waals surface area contributed by atoms with Gasteiger partial charge in [-0.25, -0.2) is 9.97 Å². The Morgan fingerprint density at radius 3 is 2.63 bits per heavy atom. The highest BCUT2D eigenvalue weighted by atomic mass is 16.2. The SMILES string of the molecule is Nc1c(NNC(=O)c2cccnc2)ncnc1N1CCC(Cc2ccccc2)CC1. The average molecular weight is 403 g/mol. The first-order valence-corrected chi connectivity index (χ1v) is 10.1. The number of aromatic nitrogens is 3. The van der Waals surface area contributed by atoms with Crippen LogP contribution in [0.5, 0.6) is 0 Å². The van der Waals surface area contributed by atoms with Gasteiger partial charge >= 0.3 is 0 Å². The molecule has 4 rings (SSSR count). The van der Waals surface area contributed by atoms with Gasteiger partial charge in [0.05, 0.1) is 5.56 Å². The molecule has 30 heavy (non-hydrogen) atoms. The molecule has 8 nitrogen and oxygen atoms in total. The van der Waals surface area contributed by atoms with Crippen LogP contribution in [0.15, 0.2) is 61.2 Å². The zero-order valence-corrected chi connectivity index (χ0v) is 16.7. The van der Waals surface area contributed by atoms with Crippen LogP contribution < -0.4 is 21.5 Å². The van der Waals surface area contributed by atoms with Gasteiger partial charge in [0.25, 0.3) is 5.91 Å². The summed E-state index contributed by atoms with van der Waals surface area (Å²) in [5.74, 6) is 1.41. The van der Waals surface area contributed by atoms with Gasteiger partial charge in [-0.3, -0.25) is 20.6 Å². The van der Waals surface area contributed by atoms with Crippen molar-refractivity contribution >= 4 is 23.2 Å². The number of anilines is 3. The molecule has 0 radical (unpaired) electrons. The number of nitrogens with two attached hydrogens (primary N) is 1. The average Bonchev–Trinajstić information content (AvgIpc) is 2.80. The van der Waals surface area contributed by atoms with Gasteiger partial charge < -0.3 is 10.6 Å². The monoisotopic (exact) mass is 403 g/mol. The first kappa shape index (κ1) is 19.6. The van der Waals surface area contributed by atoms with Gasteiger partial charge in [-0.15, -0.1) is 0 Å². The van der Waals surface area contributed by atoms with E-state index in [2.05, 4.69) is 61.0 Å². The van der Waals surface area contributed by atoms with Crippen LogP contribution in [-0.2, 0) is 6.42 Å². The van der Waals surface area contributed by atoms with Gasteiger partial charge in [0.2, 0.25) is 0 Å². The van der Waals surface area contributed by atoms with E-state index in [1.165, 1.54) is 18.1 Å². The number of piperidine rings is 1. The van der Waals surface area contributed by atoms with Crippen LogP contribution in [0, 0.1) is 5.92 Å². The molecule has 0 bridgehead atoms. The molecule has 1 aromatic carbocycles. The molecule has 0 saturated carbocycles. The lowest BCUT2D eigenvalue weighted by atomic mass is 9.90. The molecule has 0 aliphatic carbocycles. The molecule has 4 N–H and O–H groups in total. The maximum atomic E-state index is 12.2. The zero-order chi connectivity index (χ0) is 20.8. The number of hydrogen-bond acceptors (Lipinski definition) is 7. The van der Waals surface area contributed by atoms with Crippen molar-refractivity contribution in [3.63, 3.8) is 0 Å². The summed E-state index contributed by atoms with van der Waals surface area (Å²) in [6, 6.07) is 14.0. The summed E-state index contributed by atoms with van der Waals surface area (Å²) in [7, 11) is 0. The first-order chi connectivity index (χ1) is 14.7. The number of amides is 1. The van der Waals surface area contributed by atoms with Gasteiger partial charge in [0, 0.05) is 25.5 Å². The number of pyridine rings is 1. The van der Waals surface area contributed by atoms with Gasteiger partial charge in [-0.2, -0.15) is 0 Å². The highest BCUT2D eigenvalue weighted by Gasteiger charge is 2.23. The third kappa shape index (κ3) is 4.65. The lowest BCUT2D eigenvalue weighted by molar-refractivity contribution is 0.0962. The largest absolute Gasteiger partial charge is 0.393 e. The summed E-state index contributed by atoms with van der Waals surface area (Å²) < 4.78 is 0. The van der Waals surface area contributed by atoms with Crippen molar-refractivity contribution in [2.24, 2.45) is 5.92 Å². The molecule has 2 aromatic heterocycles. The van der Waals surface area contributed by atoms with Gasteiger partial charge in [0.1, 0.15) is 12.0 Å². The molecule has 0 atom stereocenters. The van der Waals surface area contributed by atoms with Crippen LogP contribution in [0.25, 0.3) is 0 Å². The summed E-state index contributed by atoms with van der Waals surface area (Å²) in [6.45, 7) is 1.78. The van der Waals surface area contributed by atoms with Crippen molar-refractivity contribution in [2.75, 3.05) is 29.1 Å². The maximum absolute atomic E-state index is 12.2. The van der Waals surface area contributed by atoms with Crippen molar-refractivity contribution in [1.29, 1.82) is 0 Å². The number of hydrazine groups is 1. The molecule has 1 saturated heterocycles. The van der Waals surface area contributed by atoms with Crippen LogP contribution in [0.4, 0.5) is 17.3 Å². The van der Waals surface area contributed by atoms with E-state index < -0.39 is 0 Å². The topological polar surface area (TPSA) is 109 Å². The number of carbonyl (C=O) groups is 1. The normalized spacial score (nSPS) is 14.3. The third-order valence-corrected chi connectivity index (χ3v) is 5.36. The Morgan fingerprint density at radius 2 is 1.90 bits per heavy atom. The van der Waals surface area contributed by atoms with E-state index in [0.29, 0.717) is 28.8 Å². The fraction of sp³-hybridized carbons (Fsp3) is 0.273. The second-order valence-electron chi connectivity index (χ2n) is 7.40. The predicted octanol–water partition coefficient (Wildman–Crippen LogP) is 2.67. The highest BCUT2D eigenvalue weighted by molar-refractivity contribution is 5.94. The second-order valence-corrected chi connectivity index (χ2v) is 7.40. The maximum Gasteiger partial charge on any atom is 0.271 e. The van der Waals surface area contributed by atoms with Gasteiger partial charge in [-0.1, -0.05) is 30.3 Å². The van der Waals surface area contributed by atoms with Crippen LogP contribution in [0.3, 0.4) is 0 Å². The minimum Gasteiger partial charge on any atom is -0.393 e. The van der Waals surface area contributed by atoms with Crippen LogP contribution in [0.2, 0.25) is 0 Å². The number of carbonyl (C=O) groups excluding carboxylic acids is 1. The van der Waals surface area contributed by atoms with E-state index in [1.54, 1.807) is 18.3 Å². The summed E-state index contributed by atoms with van der Waals surface area (Å²) in [6.07, 6.45) is 7.83. The van der Waals surface area contributed by atoms with Crippen molar-refractivity contribution in [3.8, 4) is 0 Å². The Labute approximate surface area is 175 Å². The Balaban J connectivity index is 1.36. The lowest BCUT2D eigenvalue weighted by Crippen LogP contribution is -2.36. The minimum atomic E-state index is -0.315. The van der Waals surface area contributed by atoms with Crippen molar-refractivity contribution in [1.82, 2.24) is 20.4 Å². The van der Waals surface area contributed by atoms with E-state index >= 15 is 0 Å². The number of benzene rings is 1. The molecule has 1 aliphatic heterocycles. The summed E-state index contributed by atoms with van der Waals surface area (Å²) in [5, 5.41) is 0. The highest BCUT2D eigenvalue weighted by Crippen LogP contribution is 2.30. The van der Waals surface area contributed by atoms with Gasteiger partial charge in [-0.05, 0) is 42.9 Å². The summed E-state index contributed by atoms with van der Waals surface area (Å²) in [4.78, 5) is 26.9. The van der Waals surface area contributed by atoms with Crippen molar-refractivity contribution in [2.45, 2.75) is 19.3 Å². The van der Waals surface area contributed by atoms with Crippen LogP contribution in [-0.4, -0.2) is 33.9 Å². The predicted molar refractivity (Wildman–Crippen MR) is 117 cm³/mol. The van der Waals surface area contributed by atoms with E-state index in [-0.39, 0.29) is 5.91 Å². The molecule has 154 valence electrons. The molecule has 8 heteroatoms. The Bertz CT molecular complexity index is 973. The molecule has 3 aromatic rings. The summed E-state index contributed by atoms with van der Waals surface area (Å²) >= 11 is 0. The molecular formula is C22H25N7O. The lowest BCUT2D eigenvalue weighted by Gasteiger charge is -2.33. The fourth-order valence-corrected chi connectivity index (χ4v) is 3.72. The van der Waals surface area contributed by atoms with Crippen LogP contribution in [0.1, 0.15) is 28.8 Å². The van der Waals surface area contributed by atoms with E-state index in [1.807, 2.05) is 0 Å². The fourth-order valence-electron chi connectivity index (χ4n) is 3.72. The molecule has 0 unspecified atom stereocenters. The number of nitrogens with zero attached hydrogens (tertiary/aromatic N) is 4. The minimum absolute atomic E-state index is 0.315. The molecule has 1 amide bonds. The van der Waals surface area contributed by atoms with Crippen molar-refractivity contribution in [3.05, 3.63) is 72.3 Å². The molecule has 0 spiro atoms. The molecule has 3 heterocycles. The Hall–Kier alpha value is -3.68. The smallest absolute Gasteiger partial charge is 0.271 e. The number of nitrogen functional groups attached to an aromatic ring is 1. The number of nitrogens with one attached hydrogen (secondary N) is 2. The third-order valence-electron chi connectivity index (χ3n) is 5.36. The molecular weight excluding hydrogens is 378 g/mol. The standard InChI is InChI=1S/C22H25N7O/c23-19-20(27-28-22(30)18-7-4-10-24-14-18)25-15-26-21(19)29-11-8-17(9-12-29)13-16-5-2-1-3-6-16/h1-7,10,14-15,17H,8-9,11-13,23H2,(H,28,30)(H,25,26,27). The molecule has 1 fully saturated rings. The van der Waals surface area contributed by atoms with Crippen molar-refractivity contribution < 1.29 is 4.79 Å². The quantitative estimate of drug-likeness (QED) is 0.543. The van der Waals surface area contributed by atoms with E-state index in [0.717, 1.165) is 32.4 Å². The number of rotatable bonds is 6.